The normalized spacial score (nSPS) is 18.5. The van der Waals surface area contributed by atoms with Gasteiger partial charge >= 0.3 is 5.97 Å². The standard InChI is InChI=1S/C18H36N2O2/c1-7-17(2,3)9-15-22-16(21)18(4,5)8-10-20-13-11-19(6)12-14-20/h7-15H2,1-6H3. The van der Waals surface area contributed by atoms with Crippen molar-refractivity contribution in [3.05, 3.63) is 0 Å². The van der Waals surface area contributed by atoms with Crippen molar-refractivity contribution < 1.29 is 9.53 Å². The van der Waals surface area contributed by atoms with Gasteiger partial charge in [-0.1, -0.05) is 27.2 Å². The highest BCUT2D eigenvalue weighted by Gasteiger charge is 2.30. The van der Waals surface area contributed by atoms with Crippen LogP contribution in [0, 0.1) is 10.8 Å². The monoisotopic (exact) mass is 312 g/mol. The molecule has 0 aromatic rings. The van der Waals surface area contributed by atoms with Crippen LogP contribution in [0.15, 0.2) is 0 Å². The fourth-order valence-electron chi connectivity index (χ4n) is 2.40. The first-order chi connectivity index (χ1) is 10.2. The third-order valence-electron chi connectivity index (χ3n) is 5.17. The molecule has 4 nitrogen and oxygen atoms in total. The summed E-state index contributed by atoms with van der Waals surface area (Å²) >= 11 is 0. The van der Waals surface area contributed by atoms with Crippen LogP contribution in [0.1, 0.15) is 53.9 Å². The Morgan fingerprint density at radius 3 is 2.18 bits per heavy atom. The first-order valence-corrected chi connectivity index (χ1v) is 8.74. The van der Waals surface area contributed by atoms with Crippen LogP contribution < -0.4 is 0 Å². The number of hydrogen-bond donors (Lipinski definition) is 0. The van der Waals surface area contributed by atoms with Gasteiger partial charge < -0.3 is 14.5 Å². The molecule has 1 rings (SSSR count). The Labute approximate surface area is 137 Å². The molecule has 0 amide bonds. The molecule has 1 saturated heterocycles. The molecular formula is C18H36N2O2. The lowest BCUT2D eigenvalue weighted by atomic mass is 9.86. The van der Waals surface area contributed by atoms with Crippen molar-refractivity contribution in [2.45, 2.75) is 53.9 Å². The predicted octanol–water partition coefficient (Wildman–Crippen LogP) is 3.02. The first kappa shape index (κ1) is 19.4. The smallest absolute Gasteiger partial charge is 0.311 e. The number of rotatable bonds is 8. The van der Waals surface area contributed by atoms with E-state index >= 15 is 0 Å². The molecule has 1 fully saturated rings. The summed E-state index contributed by atoms with van der Waals surface area (Å²) in [5.74, 6) is -0.0477. The fourth-order valence-corrected chi connectivity index (χ4v) is 2.40. The van der Waals surface area contributed by atoms with Gasteiger partial charge in [0.2, 0.25) is 0 Å². The van der Waals surface area contributed by atoms with E-state index in [0.29, 0.717) is 6.61 Å². The molecule has 0 bridgehead atoms. The van der Waals surface area contributed by atoms with E-state index in [1.54, 1.807) is 0 Å². The lowest BCUT2D eigenvalue weighted by Gasteiger charge is -2.34. The highest BCUT2D eigenvalue weighted by atomic mass is 16.5. The van der Waals surface area contributed by atoms with Gasteiger partial charge in [0, 0.05) is 26.2 Å². The van der Waals surface area contributed by atoms with Crippen LogP contribution in [0.2, 0.25) is 0 Å². The second kappa shape index (κ2) is 8.30. The van der Waals surface area contributed by atoms with Gasteiger partial charge in [0.1, 0.15) is 0 Å². The topological polar surface area (TPSA) is 32.8 Å². The molecular weight excluding hydrogens is 276 g/mol. The Morgan fingerprint density at radius 2 is 1.64 bits per heavy atom. The van der Waals surface area contributed by atoms with Crippen molar-refractivity contribution in [3.8, 4) is 0 Å². The number of esters is 1. The Hall–Kier alpha value is -0.610. The van der Waals surface area contributed by atoms with E-state index in [-0.39, 0.29) is 16.8 Å². The number of carbonyl (C=O) groups is 1. The van der Waals surface area contributed by atoms with Gasteiger partial charge in [0.25, 0.3) is 0 Å². The quantitative estimate of drug-likeness (QED) is 0.645. The average molecular weight is 312 g/mol. The van der Waals surface area contributed by atoms with Crippen molar-refractivity contribution in [1.82, 2.24) is 9.80 Å². The van der Waals surface area contributed by atoms with E-state index in [4.69, 9.17) is 4.74 Å². The van der Waals surface area contributed by atoms with Crippen LogP contribution in [-0.4, -0.2) is 62.1 Å². The van der Waals surface area contributed by atoms with Crippen LogP contribution >= 0.6 is 0 Å². The van der Waals surface area contributed by atoms with E-state index in [2.05, 4.69) is 37.6 Å². The Balaban J connectivity index is 2.30. The lowest BCUT2D eigenvalue weighted by Crippen LogP contribution is -2.45. The maximum absolute atomic E-state index is 12.3. The zero-order chi connectivity index (χ0) is 16.8. The Bertz CT molecular complexity index is 345. The molecule has 0 aliphatic carbocycles. The molecule has 0 aromatic carbocycles. The third-order valence-corrected chi connectivity index (χ3v) is 5.17. The summed E-state index contributed by atoms with van der Waals surface area (Å²) in [6.07, 6.45) is 2.91. The van der Waals surface area contributed by atoms with Crippen LogP contribution in [0.25, 0.3) is 0 Å². The summed E-state index contributed by atoms with van der Waals surface area (Å²) in [5, 5.41) is 0. The number of piperazine rings is 1. The second-order valence-electron chi connectivity index (χ2n) is 8.18. The third kappa shape index (κ3) is 6.66. The number of ether oxygens (including phenoxy) is 1. The molecule has 1 aliphatic heterocycles. The molecule has 0 saturated carbocycles. The van der Waals surface area contributed by atoms with Crippen LogP contribution in [0.3, 0.4) is 0 Å². The number of hydrogen-bond acceptors (Lipinski definition) is 4. The molecule has 22 heavy (non-hydrogen) atoms. The van der Waals surface area contributed by atoms with Crippen LogP contribution in [0.4, 0.5) is 0 Å². The summed E-state index contributed by atoms with van der Waals surface area (Å²) in [5.41, 5.74) is -0.135. The van der Waals surface area contributed by atoms with Gasteiger partial charge in [0.05, 0.1) is 12.0 Å². The maximum atomic E-state index is 12.3. The SMILES string of the molecule is CCC(C)(C)CCOC(=O)C(C)(C)CCN1CCN(C)CC1. The molecule has 0 radical (unpaired) electrons. The first-order valence-electron chi connectivity index (χ1n) is 8.74. The summed E-state index contributed by atoms with van der Waals surface area (Å²) in [6.45, 7) is 16.6. The maximum Gasteiger partial charge on any atom is 0.311 e. The number of nitrogens with zero attached hydrogens (tertiary/aromatic N) is 2. The molecule has 0 aromatic heterocycles. The lowest BCUT2D eigenvalue weighted by molar-refractivity contribution is -0.155. The van der Waals surface area contributed by atoms with E-state index in [9.17, 15) is 4.79 Å². The molecule has 0 spiro atoms. The predicted molar refractivity (Wildman–Crippen MR) is 92.0 cm³/mol. The Morgan fingerprint density at radius 1 is 1.05 bits per heavy atom. The van der Waals surface area contributed by atoms with Crippen molar-refractivity contribution in [3.63, 3.8) is 0 Å². The molecule has 1 aliphatic rings. The summed E-state index contributed by atoms with van der Waals surface area (Å²) in [4.78, 5) is 17.1. The van der Waals surface area contributed by atoms with Crippen LogP contribution in [0.5, 0.6) is 0 Å². The van der Waals surface area contributed by atoms with Gasteiger partial charge in [-0.15, -0.1) is 0 Å². The molecule has 0 unspecified atom stereocenters. The fraction of sp³-hybridized carbons (Fsp3) is 0.944. The van der Waals surface area contributed by atoms with Gasteiger partial charge in [0.15, 0.2) is 0 Å². The molecule has 4 heteroatoms. The van der Waals surface area contributed by atoms with Gasteiger partial charge in [-0.25, -0.2) is 0 Å². The van der Waals surface area contributed by atoms with Crippen molar-refractivity contribution in [2.75, 3.05) is 46.4 Å². The molecule has 1 heterocycles. The summed E-state index contributed by atoms with van der Waals surface area (Å²) in [7, 11) is 2.16. The zero-order valence-electron chi connectivity index (χ0n) is 15.6. The highest BCUT2D eigenvalue weighted by molar-refractivity contribution is 5.75. The van der Waals surface area contributed by atoms with Crippen molar-refractivity contribution >= 4 is 5.97 Å². The van der Waals surface area contributed by atoms with E-state index in [1.165, 1.54) is 0 Å². The zero-order valence-corrected chi connectivity index (χ0v) is 15.6. The molecule has 0 atom stereocenters. The minimum absolute atomic E-state index is 0.0477. The van der Waals surface area contributed by atoms with Crippen molar-refractivity contribution in [1.29, 1.82) is 0 Å². The summed E-state index contributed by atoms with van der Waals surface area (Å²) in [6, 6.07) is 0. The van der Waals surface area contributed by atoms with Gasteiger partial charge in [-0.3, -0.25) is 4.79 Å². The van der Waals surface area contributed by atoms with Gasteiger partial charge in [-0.2, -0.15) is 0 Å². The average Bonchev–Trinajstić information content (AvgIpc) is 2.46. The second-order valence-corrected chi connectivity index (χ2v) is 8.18. The Kier molecular flexibility index (Phi) is 7.33. The minimum Gasteiger partial charge on any atom is -0.465 e. The van der Waals surface area contributed by atoms with E-state index < -0.39 is 0 Å². The van der Waals surface area contributed by atoms with E-state index in [1.807, 2.05) is 13.8 Å². The molecule has 0 N–H and O–H groups in total. The summed E-state index contributed by atoms with van der Waals surface area (Å²) < 4.78 is 5.54. The van der Waals surface area contributed by atoms with Crippen molar-refractivity contribution in [2.24, 2.45) is 10.8 Å². The minimum atomic E-state index is -0.389. The van der Waals surface area contributed by atoms with E-state index in [0.717, 1.165) is 52.0 Å². The molecule has 130 valence electrons. The van der Waals surface area contributed by atoms with Gasteiger partial charge in [-0.05, 0) is 45.7 Å². The largest absolute Gasteiger partial charge is 0.465 e. The number of carbonyl (C=O) groups excluding carboxylic acids is 1. The number of likely N-dealkylation sites (N-methyl/N-ethyl adjacent to an activating group) is 1. The highest BCUT2D eigenvalue weighted by Crippen LogP contribution is 2.26. The van der Waals surface area contributed by atoms with Crippen LogP contribution in [-0.2, 0) is 9.53 Å².